The molecule has 1 aromatic rings. The molecule has 1 N–H and O–H groups in total. The van der Waals surface area contributed by atoms with E-state index in [1.807, 2.05) is 25.1 Å². The van der Waals surface area contributed by atoms with Crippen molar-refractivity contribution in [1.29, 1.82) is 0 Å². The van der Waals surface area contributed by atoms with Crippen LogP contribution in [0.5, 0.6) is 5.75 Å². The molecule has 0 aromatic heterocycles. The standard InChI is InChI=1S/C17H27NO2/c1-4-10-18-14-16-7-5-6-8-17(16)20-13-12-19-11-9-15(2)3/h5-8,18H,2,4,9-14H2,1,3H3. The molecule has 3 heteroatoms. The zero-order valence-electron chi connectivity index (χ0n) is 12.8. The number of para-hydroxylation sites is 1. The van der Waals surface area contributed by atoms with Gasteiger partial charge in [-0.15, -0.1) is 6.58 Å². The highest BCUT2D eigenvalue weighted by Gasteiger charge is 2.02. The third-order valence-electron chi connectivity index (χ3n) is 2.87. The van der Waals surface area contributed by atoms with E-state index in [0.29, 0.717) is 13.2 Å². The van der Waals surface area contributed by atoms with E-state index in [2.05, 4.69) is 24.9 Å². The maximum absolute atomic E-state index is 5.79. The fourth-order valence-corrected chi connectivity index (χ4v) is 1.75. The Morgan fingerprint density at radius 3 is 2.75 bits per heavy atom. The molecule has 0 heterocycles. The molecule has 20 heavy (non-hydrogen) atoms. The van der Waals surface area contributed by atoms with Gasteiger partial charge in [0.2, 0.25) is 0 Å². The fraction of sp³-hybridized carbons (Fsp3) is 0.529. The van der Waals surface area contributed by atoms with E-state index in [9.17, 15) is 0 Å². The smallest absolute Gasteiger partial charge is 0.123 e. The number of hydrogen-bond donors (Lipinski definition) is 1. The summed E-state index contributed by atoms with van der Waals surface area (Å²) in [6.07, 6.45) is 2.05. The number of nitrogens with one attached hydrogen (secondary N) is 1. The molecule has 112 valence electrons. The van der Waals surface area contributed by atoms with Gasteiger partial charge in [0.25, 0.3) is 0 Å². The lowest BCUT2D eigenvalue weighted by Gasteiger charge is -2.12. The molecular formula is C17H27NO2. The molecule has 0 radical (unpaired) electrons. The predicted octanol–water partition coefficient (Wildman–Crippen LogP) is 3.55. The predicted molar refractivity (Wildman–Crippen MR) is 84.2 cm³/mol. The van der Waals surface area contributed by atoms with Crippen molar-refractivity contribution in [3.63, 3.8) is 0 Å². The molecule has 0 saturated heterocycles. The zero-order valence-corrected chi connectivity index (χ0v) is 12.8. The zero-order chi connectivity index (χ0) is 14.6. The Morgan fingerprint density at radius 2 is 2.00 bits per heavy atom. The van der Waals surface area contributed by atoms with Gasteiger partial charge in [-0.2, -0.15) is 0 Å². The molecule has 0 bridgehead atoms. The molecular weight excluding hydrogens is 250 g/mol. The minimum Gasteiger partial charge on any atom is -0.491 e. The third-order valence-corrected chi connectivity index (χ3v) is 2.87. The SMILES string of the molecule is C=C(C)CCOCCOc1ccccc1CNCCC. The Kier molecular flexibility index (Phi) is 8.76. The van der Waals surface area contributed by atoms with Crippen molar-refractivity contribution < 1.29 is 9.47 Å². The van der Waals surface area contributed by atoms with E-state index in [0.717, 1.165) is 43.9 Å². The first kappa shape index (κ1) is 16.7. The van der Waals surface area contributed by atoms with Gasteiger partial charge < -0.3 is 14.8 Å². The molecule has 0 saturated carbocycles. The van der Waals surface area contributed by atoms with E-state index >= 15 is 0 Å². The Balaban J connectivity index is 2.26. The van der Waals surface area contributed by atoms with Crippen molar-refractivity contribution >= 4 is 0 Å². The van der Waals surface area contributed by atoms with Gasteiger partial charge in [0.05, 0.1) is 13.2 Å². The van der Waals surface area contributed by atoms with E-state index in [1.165, 1.54) is 5.56 Å². The molecule has 0 amide bonds. The van der Waals surface area contributed by atoms with Crippen LogP contribution >= 0.6 is 0 Å². The van der Waals surface area contributed by atoms with E-state index in [-0.39, 0.29) is 0 Å². The third kappa shape index (κ3) is 7.31. The van der Waals surface area contributed by atoms with Crippen LogP contribution in [0, 0.1) is 0 Å². The summed E-state index contributed by atoms with van der Waals surface area (Å²) in [5.41, 5.74) is 2.35. The Labute approximate surface area is 123 Å². The van der Waals surface area contributed by atoms with Gasteiger partial charge in [0.15, 0.2) is 0 Å². The second-order valence-corrected chi connectivity index (χ2v) is 4.95. The monoisotopic (exact) mass is 277 g/mol. The highest BCUT2D eigenvalue weighted by molar-refractivity contribution is 5.33. The molecule has 0 aliphatic rings. The molecule has 0 fully saturated rings. The van der Waals surface area contributed by atoms with Gasteiger partial charge in [-0.05, 0) is 32.4 Å². The minimum absolute atomic E-state index is 0.584. The molecule has 0 unspecified atom stereocenters. The first-order valence-corrected chi connectivity index (χ1v) is 7.37. The molecule has 1 aromatic carbocycles. The Bertz CT molecular complexity index is 390. The summed E-state index contributed by atoms with van der Waals surface area (Å²) in [5.74, 6) is 0.944. The fourth-order valence-electron chi connectivity index (χ4n) is 1.75. The highest BCUT2D eigenvalue weighted by Crippen LogP contribution is 2.17. The average molecular weight is 277 g/mol. The van der Waals surface area contributed by atoms with Crippen molar-refractivity contribution in [3.05, 3.63) is 42.0 Å². The van der Waals surface area contributed by atoms with Crippen LogP contribution in [-0.4, -0.2) is 26.4 Å². The maximum Gasteiger partial charge on any atom is 0.123 e. The summed E-state index contributed by atoms with van der Waals surface area (Å²) >= 11 is 0. The summed E-state index contributed by atoms with van der Waals surface area (Å²) < 4.78 is 11.3. The Morgan fingerprint density at radius 1 is 1.20 bits per heavy atom. The normalized spacial score (nSPS) is 10.5. The van der Waals surface area contributed by atoms with Crippen LogP contribution in [0.25, 0.3) is 0 Å². The molecule has 0 aliphatic carbocycles. The van der Waals surface area contributed by atoms with Crippen LogP contribution in [0.2, 0.25) is 0 Å². The van der Waals surface area contributed by atoms with Crippen LogP contribution in [-0.2, 0) is 11.3 Å². The quantitative estimate of drug-likeness (QED) is 0.495. The number of ether oxygens (including phenoxy) is 2. The van der Waals surface area contributed by atoms with Crippen LogP contribution in [0.4, 0.5) is 0 Å². The van der Waals surface area contributed by atoms with E-state index < -0.39 is 0 Å². The topological polar surface area (TPSA) is 30.5 Å². The summed E-state index contributed by atoms with van der Waals surface area (Å²) in [6.45, 7) is 11.8. The summed E-state index contributed by atoms with van der Waals surface area (Å²) in [4.78, 5) is 0. The first-order valence-electron chi connectivity index (χ1n) is 7.37. The van der Waals surface area contributed by atoms with E-state index in [1.54, 1.807) is 0 Å². The van der Waals surface area contributed by atoms with Crippen molar-refractivity contribution in [2.45, 2.75) is 33.2 Å². The van der Waals surface area contributed by atoms with Crippen molar-refractivity contribution in [1.82, 2.24) is 5.32 Å². The number of hydrogen-bond acceptors (Lipinski definition) is 3. The molecule has 0 spiro atoms. The van der Waals surface area contributed by atoms with Gasteiger partial charge in [0.1, 0.15) is 12.4 Å². The van der Waals surface area contributed by atoms with Gasteiger partial charge in [-0.25, -0.2) is 0 Å². The lowest BCUT2D eigenvalue weighted by molar-refractivity contribution is 0.102. The maximum atomic E-state index is 5.79. The van der Waals surface area contributed by atoms with Gasteiger partial charge in [0, 0.05) is 12.1 Å². The number of benzene rings is 1. The Hall–Kier alpha value is -1.32. The summed E-state index contributed by atoms with van der Waals surface area (Å²) in [6, 6.07) is 8.15. The second kappa shape index (κ2) is 10.5. The van der Waals surface area contributed by atoms with Crippen LogP contribution < -0.4 is 10.1 Å². The summed E-state index contributed by atoms with van der Waals surface area (Å²) in [7, 11) is 0. The van der Waals surface area contributed by atoms with Gasteiger partial charge in [-0.1, -0.05) is 30.7 Å². The van der Waals surface area contributed by atoms with Crippen molar-refractivity contribution in [2.24, 2.45) is 0 Å². The molecule has 0 atom stereocenters. The second-order valence-electron chi connectivity index (χ2n) is 4.95. The highest BCUT2D eigenvalue weighted by atomic mass is 16.5. The van der Waals surface area contributed by atoms with Crippen LogP contribution in [0.3, 0.4) is 0 Å². The molecule has 3 nitrogen and oxygen atoms in total. The van der Waals surface area contributed by atoms with Crippen LogP contribution in [0.1, 0.15) is 32.3 Å². The summed E-state index contributed by atoms with van der Waals surface area (Å²) in [5, 5.41) is 3.39. The molecule has 1 rings (SSSR count). The van der Waals surface area contributed by atoms with Crippen LogP contribution in [0.15, 0.2) is 36.4 Å². The molecule has 0 aliphatic heterocycles. The first-order chi connectivity index (χ1) is 9.74. The van der Waals surface area contributed by atoms with Crippen molar-refractivity contribution in [2.75, 3.05) is 26.4 Å². The number of rotatable bonds is 11. The largest absolute Gasteiger partial charge is 0.491 e. The van der Waals surface area contributed by atoms with E-state index in [4.69, 9.17) is 9.47 Å². The lowest BCUT2D eigenvalue weighted by Crippen LogP contribution is -2.15. The lowest BCUT2D eigenvalue weighted by atomic mass is 10.2. The van der Waals surface area contributed by atoms with Crippen molar-refractivity contribution in [3.8, 4) is 5.75 Å². The van der Waals surface area contributed by atoms with Gasteiger partial charge >= 0.3 is 0 Å². The van der Waals surface area contributed by atoms with Gasteiger partial charge in [-0.3, -0.25) is 0 Å². The average Bonchev–Trinajstić information content (AvgIpc) is 2.44. The minimum atomic E-state index is 0.584.